The van der Waals surface area contributed by atoms with Crippen LogP contribution in [0.3, 0.4) is 0 Å². The topological polar surface area (TPSA) is 82.7 Å². The van der Waals surface area contributed by atoms with Crippen molar-refractivity contribution in [2.24, 2.45) is 13.0 Å². The summed E-state index contributed by atoms with van der Waals surface area (Å²) in [5, 5.41) is 20.0. The number of amides is 1. The van der Waals surface area contributed by atoms with Gasteiger partial charge in [-0.15, -0.1) is 11.3 Å². The van der Waals surface area contributed by atoms with Crippen molar-refractivity contribution in [1.29, 1.82) is 5.26 Å². The highest BCUT2D eigenvalue weighted by Gasteiger charge is 2.24. The Morgan fingerprint density at radius 2 is 2.38 bits per heavy atom. The van der Waals surface area contributed by atoms with Crippen LogP contribution in [0.25, 0.3) is 0 Å². The van der Waals surface area contributed by atoms with Crippen molar-refractivity contribution in [3.63, 3.8) is 0 Å². The van der Waals surface area contributed by atoms with Gasteiger partial charge in [-0.2, -0.15) is 10.4 Å². The maximum absolute atomic E-state index is 12.2. The number of fused-ring (bicyclic) bond motifs is 1. The maximum atomic E-state index is 12.2. The van der Waals surface area contributed by atoms with Crippen LogP contribution in [0.1, 0.15) is 39.8 Å². The molecule has 0 spiro atoms. The van der Waals surface area contributed by atoms with E-state index in [2.05, 4.69) is 28.7 Å². The summed E-state index contributed by atoms with van der Waals surface area (Å²) >= 11 is 6.78. The zero-order valence-electron chi connectivity index (χ0n) is 13.4. The standard InChI is InChI=1S/C16H17N5OS2/c1-9-3-4-10-11(8-17)15(24-13(10)7-9)20-16(23)19-14(22)12-5-6-18-21(12)2/h5-6,9H,3-4,7H2,1-2H3,(H2,19,20,22,23)/t9-/m0/s1. The molecule has 0 fully saturated rings. The SMILES string of the molecule is C[C@H]1CCc2c(sc(NC(=S)NC(=O)c3ccnn3C)c2C#N)C1. The fourth-order valence-electron chi connectivity index (χ4n) is 2.86. The Hall–Kier alpha value is -2.24. The van der Waals surface area contributed by atoms with Crippen molar-refractivity contribution in [3.8, 4) is 6.07 Å². The van der Waals surface area contributed by atoms with Crippen LogP contribution in [0.5, 0.6) is 0 Å². The molecule has 24 heavy (non-hydrogen) atoms. The number of thiocarbonyl (C=S) groups is 1. The lowest BCUT2D eigenvalue weighted by molar-refractivity contribution is 0.0968. The molecule has 0 aromatic carbocycles. The first-order valence-electron chi connectivity index (χ1n) is 7.64. The molecule has 2 aromatic rings. The number of carbonyl (C=O) groups excluding carboxylic acids is 1. The van der Waals surface area contributed by atoms with Crippen molar-refractivity contribution in [1.82, 2.24) is 15.1 Å². The molecular formula is C16H17N5OS2. The van der Waals surface area contributed by atoms with E-state index in [1.165, 1.54) is 9.56 Å². The monoisotopic (exact) mass is 359 g/mol. The number of carbonyl (C=O) groups is 1. The second kappa shape index (κ2) is 6.71. The minimum Gasteiger partial charge on any atom is -0.323 e. The van der Waals surface area contributed by atoms with Crippen LogP contribution >= 0.6 is 23.6 Å². The van der Waals surface area contributed by atoms with E-state index >= 15 is 0 Å². The van der Waals surface area contributed by atoms with Crippen LogP contribution in [0.4, 0.5) is 5.00 Å². The van der Waals surface area contributed by atoms with Crippen molar-refractivity contribution in [3.05, 3.63) is 34.0 Å². The number of aromatic nitrogens is 2. The zero-order valence-corrected chi connectivity index (χ0v) is 15.1. The van der Waals surface area contributed by atoms with Gasteiger partial charge >= 0.3 is 0 Å². The molecule has 0 radical (unpaired) electrons. The fraction of sp³-hybridized carbons (Fsp3) is 0.375. The highest BCUT2D eigenvalue weighted by molar-refractivity contribution is 7.80. The lowest BCUT2D eigenvalue weighted by Crippen LogP contribution is -2.35. The Morgan fingerprint density at radius 1 is 1.58 bits per heavy atom. The van der Waals surface area contributed by atoms with Crippen molar-refractivity contribution >= 4 is 39.6 Å². The van der Waals surface area contributed by atoms with Crippen LogP contribution < -0.4 is 10.6 Å². The number of nitrogens with zero attached hydrogens (tertiary/aromatic N) is 3. The Bertz CT molecular complexity index is 845. The molecule has 2 N–H and O–H groups in total. The molecule has 2 heterocycles. The summed E-state index contributed by atoms with van der Waals surface area (Å²) in [4.78, 5) is 13.4. The van der Waals surface area contributed by atoms with Crippen molar-refractivity contribution < 1.29 is 4.79 Å². The zero-order chi connectivity index (χ0) is 17.3. The number of rotatable bonds is 2. The summed E-state index contributed by atoms with van der Waals surface area (Å²) in [6.07, 6.45) is 4.56. The highest BCUT2D eigenvalue weighted by Crippen LogP contribution is 2.39. The fourth-order valence-corrected chi connectivity index (χ4v) is 4.48. The summed E-state index contributed by atoms with van der Waals surface area (Å²) < 4.78 is 1.48. The first-order chi connectivity index (χ1) is 11.5. The second-order valence-electron chi connectivity index (χ2n) is 5.92. The van der Waals surface area contributed by atoms with Gasteiger partial charge < -0.3 is 5.32 Å². The van der Waals surface area contributed by atoms with Crippen LogP contribution in [0.15, 0.2) is 12.3 Å². The minimum absolute atomic E-state index is 0.185. The van der Waals surface area contributed by atoms with E-state index in [1.54, 1.807) is 30.6 Å². The Morgan fingerprint density at radius 3 is 3.04 bits per heavy atom. The number of hydrogen-bond donors (Lipinski definition) is 2. The second-order valence-corrected chi connectivity index (χ2v) is 7.43. The van der Waals surface area contributed by atoms with E-state index < -0.39 is 0 Å². The van der Waals surface area contributed by atoms with Gasteiger partial charge in [-0.05, 0) is 49.0 Å². The van der Waals surface area contributed by atoms with E-state index in [-0.39, 0.29) is 11.0 Å². The third-order valence-corrected chi connectivity index (χ3v) is 5.51. The number of anilines is 1. The van der Waals surface area contributed by atoms with Gasteiger partial charge in [0.05, 0.1) is 5.56 Å². The van der Waals surface area contributed by atoms with E-state index in [0.29, 0.717) is 22.2 Å². The van der Waals surface area contributed by atoms with Crippen LogP contribution in [0, 0.1) is 17.2 Å². The van der Waals surface area contributed by atoms with Crippen molar-refractivity contribution in [2.45, 2.75) is 26.2 Å². The van der Waals surface area contributed by atoms with Gasteiger partial charge in [-0.1, -0.05) is 6.92 Å². The van der Waals surface area contributed by atoms with Crippen LogP contribution in [0.2, 0.25) is 0 Å². The van der Waals surface area contributed by atoms with E-state index in [4.69, 9.17) is 12.2 Å². The summed E-state index contributed by atoms with van der Waals surface area (Å²) in [7, 11) is 1.69. The van der Waals surface area contributed by atoms with Gasteiger partial charge in [-0.25, -0.2) is 0 Å². The van der Waals surface area contributed by atoms with E-state index in [0.717, 1.165) is 24.8 Å². The van der Waals surface area contributed by atoms with E-state index in [1.807, 2.05) is 0 Å². The summed E-state index contributed by atoms with van der Waals surface area (Å²) in [5.74, 6) is 0.299. The molecule has 1 aliphatic rings. The van der Waals surface area contributed by atoms with Gasteiger partial charge in [-0.3, -0.25) is 14.8 Å². The third-order valence-electron chi connectivity index (χ3n) is 4.13. The molecule has 0 aliphatic heterocycles. The number of thiophene rings is 1. The molecule has 2 aromatic heterocycles. The number of nitrogens with one attached hydrogen (secondary N) is 2. The summed E-state index contributed by atoms with van der Waals surface area (Å²) in [6.45, 7) is 2.22. The molecule has 0 saturated carbocycles. The predicted molar refractivity (Wildman–Crippen MR) is 97.1 cm³/mol. The Balaban J connectivity index is 1.74. The molecule has 3 rings (SSSR count). The molecule has 124 valence electrons. The van der Waals surface area contributed by atoms with Gasteiger partial charge in [0.25, 0.3) is 5.91 Å². The Labute approximate surface area is 149 Å². The number of aryl methyl sites for hydroxylation is 1. The lowest BCUT2D eigenvalue weighted by atomic mass is 9.89. The average molecular weight is 359 g/mol. The molecule has 8 heteroatoms. The van der Waals surface area contributed by atoms with Crippen LogP contribution in [-0.4, -0.2) is 20.8 Å². The minimum atomic E-state index is -0.332. The Kier molecular flexibility index (Phi) is 4.64. The molecule has 0 saturated heterocycles. The normalized spacial score (nSPS) is 16.1. The smallest absolute Gasteiger partial charge is 0.275 e. The largest absolute Gasteiger partial charge is 0.323 e. The first kappa shape index (κ1) is 16.6. The molecule has 1 atom stereocenters. The molecule has 1 aliphatic carbocycles. The van der Waals surface area contributed by atoms with Crippen molar-refractivity contribution in [2.75, 3.05) is 5.32 Å². The molecule has 0 unspecified atom stereocenters. The third kappa shape index (κ3) is 3.18. The van der Waals surface area contributed by atoms with Gasteiger partial charge in [0.2, 0.25) is 0 Å². The molecular weight excluding hydrogens is 342 g/mol. The molecule has 0 bridgehead atoms. The predicted octanol–water partition coefficient (Wildman–Crippen LogP) is 2.60. The van der Waals surface area contributed by atoms with E-state index in [9.17, 15) is 10.1 Å². The van der Waals surface area contributed by atoms with Gasteiger partial charge in [0.15, 0.2) is 5.11 Å². The maximum Gasteiger partial charge on any atom is 0.275 e. The molecule has 1 amide bonds. The first-order valence-corrected chi connectivity index (χ1v) is 8.87. The molecule has 6 nitrogen and oxygen atoms in total. The quantitative estimate of drug-likeness (QED) is 0.806. The lowest BCUT2D eigenvalue weighted by Gasteiger charge is -2.17. The number of hydrogen-bond acceptors (Lipinski definition) is 5. The number of nitriles is 1. The average Bonchev–Trinajstić information content (AvgIpc) is 3.09. The highest BCUT2D eigenvalue weighted by atomic mass is 32.1. The van der Waals surface area contributed by atoms with Crippen LogP contribution in [-0.2, 0) is 19.9 Å². The summed E-state index contributed by atoms with van der Waals surface area (Å²) in [6, 6.07) is 3.89. The summed E-state index contributed by atoms with van der Waals surface area (Å²) in [5.41, 5.74) is 2.20. The van der Waals surface area contributed by atoms with Gasteiger partial charge in [0.1, 0.15) is 16.8 Å². The van der Waals surface area contributed by atoms with Gasteiger partial charge in [0, 0.05) is 18.1 Å².